The van der Waals surface area contributed by atoms with Crippen LogP contribution in [0.2, 0.25) is 0 Å². The number of halogens is 3. The molecule has 36 heavy (non-hydrogen) atoms. The fraction of sp³-hybridized carbons (Fsp3) is 0.320. The van der Waals surface area contributed by atoms with Gasteiger partial charge in [-0.25, -0.2) is 4.68 Å². The molecule has 190 valence electrons. The maximum Gasteiger partial charge on any atom is 0.410 e. The van der Waals surface area contributed by atoms with Gasteiger partial charge in [-0.3, -0.25) is 15.6 Å². The molecule has 0 saturated heterocycles. The zero-order valence-electron chi connectivity index (χ0n) is 20.2. The first-order valence-corrected chi connectivity index (χ1v) is 11.8. The average Bonchev–Trinajstić information content (AvgIpc) is 3.24. The molecule has 1 aromatic heterocycles. The summed E-state index contributed by atoms with van der Waals surface area (Å²) >= 11 is 5.22. The van der Waals surface area contributed by atoms with Gasteiger partial charge < -0.3 is 10.6 Å². The predicted octanol–water partition coefficient (Wildman–Crippen LogP) is 5.41. The van der Waals surface area contributed by atoms with E-state index in [2.05, 4.69) is 26.6 Å². The molecule has 4 N–H and O–H groups in total. The van der Waals surface area contributed by atoms with Crippen molar-refractivity contribution in [2.75, 3.05) is 10.6 Å². The number of aromatic nitrogens is 2. The summed E-state index contributed by atoms with van der Waals surface area (Å²) < 4.78 is 42.7. The van der Waals surface area contributed by atoms with Crippen LogP contribution in [0.15, 0.2) is 42.5 Å². The third-order valence-corrected chi connectivity index (χ3v) is 6.48. The summed E-state index contributed by atoms with van der Waals surface area (Å²) in [6.07, 6.45) is -4.78. The number of fused-ring (bicyclic) bond motifs is 1. The number of rotatable bonds is 3. The average molecular weight is 517 g/mol. The minimum absolute atomic E-state index is 0.118. The molecular weight excluding hydrogens is 489 g/mol. The fourth-order valence-corrected chi connectivity index (χ4v) is 4.33. The van der Waals surface area contributed by atoms with Gasteiger partial charge in [0.2, 0.25) is 0 Å². The second-order valence-corrected chi connectivity index (χ2v) is 9.45. The van der Waals surface area contributed by atoms with Crippen molar-refractivity contribution in [1.82, 2.24) is 20.6 Å². The molecule has 2 unspecified atom stereocenters. The lowest BCUT2D eigenvalue weighted by Gasteiger charge is -2.33. The number of aryl methyl sites for hydroxylation is 4. The van der Waals surface area contributed by atoms with Crippen LogP contribution < -0.4 is 21.5 Å². The number of thiocarbonyl (C=S) groups is 1. The van der Waals surface area contributed by atoms with Gasteiger partial charge >= 0.3 is 6.18 Å². The number of anilines is 2. The minimum Gasteiger partial charge on any atom is -0.363 e. The Kier molecular flexibility index (Phi) is 6.94. The van der Waals surface area contributed by atoms with Crippen LogP contribution in [0.5, 0.6) is 0 Å². The van der Waals surface area contributed by atoms with E-state index in [9.17, 15) is 18.0 Å². The molecule has 0 fully saturated rings. The number of hydrogen-bond donors (Lipinski definition) is 4. The van der Waals surface area contributed by atoms with Gasteiger partial charge in [0.25, 0.3) is 5.91 Å². The van der Waals surface area contributed by atoms with Gasteiger partial charge in [-0.1, -0.05) is 35.9 Å². The van der Waals surface area contributed by atoms with Crippen LogP contribution in [0.3, 0.4) is 0 Å². The van der Waals surface area contributed by atoms with Gasteiger partial charge in [0.1, 0.15) is 5.82 Å². The molecule has 2 atom stereocenters. The standard InChI is InChI=1S/C25H27F3N6OS/c1-13-5-8-18(16(4)9-13)30-24(36)32-31-23(35)20-12-22-29-19(17-7-6-14(2)15(3)10-17)11-21(25(26,27)28)34(22)33-20/h5-10,12,19,21,29H,11H2,1-4H3,(H,31,35)(H2,30,32,36). The van der Waals surface area contributed by atoms with Gasteiger partial charge in [-0.15, -0.1) is 0 Å². The number of carbonyl (C=O) groups is 1. The van der Waals surface area contributed by atoms with Crippen molar-refractivity contribution in [3.05, 3.63) is 76.0 Å². The summed E-state index contributed by atoms with van der Waals surface area (Å²) in [4.78, 5) is 12.7. The Hall–Kier alpha value is -3.60. The summed E-state index contributed by atoms with van der Waals surface area (Å²) in [5.74, 6) is -0.597. The first kappa shape index (κ1) is 25.5. The predicted molar refractivity (Wildman–Crippen MR) is 137 cm³/mol. The molecule has 2 aromatic carbocycles. The topological polar surface area (TPSA) is 83.0 Å². The third kappa shape index (κ3) is 5.46. The third-order valence-electron chi connectivity index (χ3n) is 6.28. The maximum atomic E-state index is 14.0. The molecule has 1 aliphatic rings. The minimum atomic E-state index is -4.54. The SMILES string of the molecule is Cc1ccc(NC(=S)NNC(=O)c2cc3n(n2)C(C(F)(F)F)CC(c2ccc(C)c(C)c2)N3)c(C)c1. The van der Waals surface area contributed by atoms with Crippen molar-refractivity contribution < 1.29 is 18.0 Å². The van der Waals surface area contributed by atoms with Crippen molar-refractivity contribution in [1.29, 1.82) is 0 Å². The molecule has 0 aliphatic carbocycles. The highest BCUT2D eigenvalue weighted by atomic mass is 32.1. The van der Waals surface area contributed by atoms with Gasteiger partial charge in [-0.2, -0.15) is 18.3 Å². The summed E-state index contributed by atoms with van der Waals surface area (Å²) in [7, 11) is 0. The van der Waals surface area contributed by atoms with Crippen LogP contribution in [0.25, 0.3) is 0 Å². The van der Waals surface area contributed by atoms with E-state index in [1.165, 1.54) is 6.07 Å². The Morgan fingerprint density at radius 3 is 2.44 bits per heavy atom. The molecule has 11 heteroatoms. The Morgan fingerprint density at radius 1 is 1.03 bits per heavy atom. The molecule has 0 spiro atoms. The Morgan fingerprint density at radius 2 is 1.78 bits per heavy atom. The molecule has 0 saturated carbocycles. The van der Waals surface area contributed by atoms with Gasteiger partial charge in [0.15, 0.2) is 16.8 Å². The number of alkyl halides is 3. The van der Waals surface area contributed by atoms with E-state index in [4.69, 9.17) is 12.2 Å². The summed E-state index contributed by atoms with van der Waals surface area (Å²) in [5.41, 5.74) is 10.4. The second-order valence-electron chi connectivity index (χ2n) is 9.04. The van der Waals surface area contributed by atoms with E-state index < -0.39 is 24.2 Å². The van der Waals surface area contributed by atoms with E-state index in [1.807, 2.05) is 64.1 Å². The highest BCUT2D eigenvalue weighted by Crippen LogP contribution is 2.43. The summed E-state index contributed by atoms with van der Waals surface area (Å²) in [5, 5.41) is 10.2. The van der Waals surface area contributed by atoms with Gasteiger partial charge in [0, 0.05) is 18.2 Å². The lowest BCUT2D eigenvalue weighted by Crippen LogP contribution is -2.44. The normalized spacial score (nSPS) is 17.1. The molecule has 2 heterocycles. The van der Waals surface area contributed by atoms with Crippen LogP contribution in [0, 0.1) is 27.7 Å². The molecule has 7 nitrogen and oxygen atoms in total. The lowest BCUT2D eigenvalue weighted by atomic mass is 9.94. The lowest BCUT2D eigenvalue weighted by molar-refractivity contribution is -0.173. The molecule has 0 bridgehead atoms. The molecule has 0 radical (unpaired) electrons. The molecule has 4 rings (SSSR count). The zero-order valence-corrected chi connectivity index (χ0v) is 21.1. The zero-order chi connectivity index (χ0) is 26.2. The van der Waals surface area contributed by atoms with Crippen molar-refractivity contribution in [3.63, 3.8) is 0 Å². The maximum absolute atomic E-state index is 14.0. The van der Waals surface area contributed by atoms with Crippen LogP contribution >= 0.6 is 12.2 Å². The number of hydrogen-bond acceptors (Lipinski definition) is 4. The monoisotopic (exact) mass is 516 g/mol. The smallest absolute Gasteiger partial charge is 0.363 e. The first-order valence-electron chi connectivity index (χ1n) is 11.4. The van der Waals surface area contributed by atoms with Crippen LogP contribution in [0.4, 0.5) is 24.7 Å². The molecular formula is C25H27F3N6OS. The van der Waals surface area contributed by atoms with Crippen molar-refractivity contribution >= 4 is 34.7 Å². The fourth-order valence-electron chi connectivity index (χ4n) is 4.17. The molecule has 1 amide bonds. The van der Waals surface area contributed by atoms with Crippen LogP contribution in [0.1, 0.15) is 56.8 Å². The molecule has 3 aromatic rings. The van der Waals surface area contributed by atoms with Crippen molar-refractivity contribution in [2.45, 2.75) is 52.4 Å². The summed E-state index contributed by atoms with van der Waals surface area (Å²) in [6, 6.07) is 10.2. The Bertz CT molecular complexity index is 1320. The van der Waals surface area contributed by atoms with Gasteiger partial charge in [-0.05, 0) is 68.2 Å². The van der Waals surface area contributed by atoms with E-state index in [1.54, 1.807) is 0 Å². The summed E-state index contributed by atoms with van der Waals surface area (Å²) in [6.45, 7) is 7.76. The molecule has 1 aliphatic heterocycles. The Labute approximate surface area is 212 Å². The number of amides is 1. The number of nitrogens with zero attached hydrogens (tertiary/aromatic N) is 2. The van der Waals surface area contributed by atoms with E-state index in [0.29, 0.717) is 0 Å². The van der Waals surface area contributed by atoms with Crippen molar-refractivity contribution in [2.24, 2.45) is 0 Å². The second kappa shape index (κ2) is 9.81. The number of hydrazine groups is 1. The highest BCUT2D eigenvalue weighted by Gasteiger charge is 2.46. The quantitative estimate of drug-likeness (QED) is 0.275. The highest BCUT2D eigenvalue weighted by molar-refractivity contribution is 7.80. The number of nitrogens with one attached hydrogen (secondary N) is 4. The van der Waals surface area contributed by atoms with E-state index in [0.717, 1.165) is 38.2 Å². The number of benzene rings is 2. The van der Waals surface area contributed by atoms with Gasteiger partial charge in [0.05, 0.1) is 6.04 Å². The largest absolute Gasteiger partial charge is 0.410 e. The van der Waals surface area contributed by atoms with E-state index >= 15 is 0 Å². The first-order chi connectivity index (χ1) is 16.9. The van der Waals surface area contributed by atoms with Crippen LogP contribution in [-0.2, 0) is 0 Å². The number of carbonyl (C=O) groups excluding carboxylic acids is 1. The van der Waals surface area contributed by atoms with Crippen LogP contribution in [-0.4, -0.2) is 27.0 Å². The van der Waals surface area contributed by atoms with E-state index in [-0.39, 0.29) is 23.0 Å². The van der Waals surface area contributed by atoms with Crippen molar-refractivity contribution in [3.8, 4) is 0 Å². The Balaban J connectivity index is 1.49.